The van der Waals surface area contributed by atoms with Crippen molar-refractivity contribution in [1.82, 2.24) is 9.71 Å². The van der Waals surface area contributed by atoms with E-state index in [-0.39, 0.29) is 10.0 Å². The third-order valence-electron chi connectivity index (χ3n) is 3.29. The molecule has 2 rings (SSSR count). The quantitative estimate of drug-likeness (QED) is 0.658. The Balaban J connectivity index is 2.16. The molecule has 0 radical (unpaired) electrons. The maximum Gasteiger partial charge on any atom is 0.241 e. The molecule has 2 unspecified atom stereocenters. The predicted molar refractivity (Wildman–Crippen MR) is 72.4 cm³/mol. The van der Waals surface area contributed by atoms with Crippen molar-refractivity contribution in [2.24, 2.45) is 0 Å². The molecule has 1 aromatic rings. The lowest BCUT2D eigenvalue weighted by molar-refractivity contribution is 0.130. The van der Waals surface area contributed by atoms with E-state index >= 15 is 0 Å². The largest absolute Gasteiger partial charge is 0.391 e. The standard InChI is InChI=1S/C12H17ClN2O3S/c13-12-8-9(6-7-14-12)19(17,18)15-10-4-2-1-3-5-11(10)16/h6-8,10-11,15-16H,1-5H2. The SMILES string of the molecule is O=S(=O)(NC1CCCCCC1O)c1ccnc(Cl)c1. The number of hydrogen-bond donors (Lipinski definition) is 2. The van der Waals surface area contributed by atoms with Crippen LogP contribution >= 0.6 is 11.6 Å². The third-order valence-corrected chi connectivity index (χ3v) is 4.99. The van der Waals surface area contributed by atoms with E-state index < -0.39 is 22.2 Å². The summed E-state index contributed by atoms with van der Waals surface area (Å²) < 4.78 is 27.0. The molecule has 1 aliphatic rings. The summed E-state index contributed by atoms with van der Waals surface area (Å²) in [5, 5.41) is 10.1. The molecule has 2 N–H and O–H groups in total. The lowest BCUT2D eigenvalue weighted by Crippen LogP contribution is -2.42. The first-order chi connectivity index (χ1) is 8.99. The average Bonchev–Trinajstić information content (AvgIpc) is 2.55. The van der Waals surface area contributed by atoms with E-state index in [2.05, 4.69) is 9.71 Å². The summed E-state index contributed by atoms with van der Waals surface area (Å²) in [6.07, 6.45) is 4.87. The number of aliphatic hydroxyl groups is 1. The molecule has 7 heteroatoms. The molecule has 5 nitrogen and oxygen atoms in total. The number of nitrogens with zero attached hydrogens (tertiary/aromatic N) is 1. The summed E-state index contributed by atoms with van der Waals surface area (Å²) >= 11 is 5.70. The van der Waals surface area contributed by atoms with Gasteiger partial charge in [0.15, 0.2) is 0 Å². The van der Waals surface area contributed by atoms with Crippen LogP contribution in [0.2, 0.25) is 5.15 Å². The zero-order valence-corrected chi connectivity index (χ0v) is 12.0. The first-order valence-corrected chi connectivity index (χ1v) is 8.17. The van der Waals surface area contributed by atoms with Gasteiger partial charge in [-0.3, -0.25) is 0 Å². The van der Waals surface area contributed by atoms with E-state index in [0.717, 1.165) is 19.3 Å². The summed E-state index contributed by atoms with van der Waals surface area (Å²) in [7, 11) is -3.67. The molecule has 1 heterocycles. The van der Waals surface area contributed by atoms with Crippen molar-refractivity contribution in [1.29, 1.82) is 0 Å². The molecule has 0 aromatic carbocycles. The van der Waals surface area contributed by atoms with Gasteiger partial charge in [-0.1, -0.05) is 30.9 Å². The van der Waals surface area contributed by atoms with Crippen molar-refractivity contribution in [3.8, 4) is 0 Å². The minimum absolute atomic E-state index is 0.0731. The summed E-state index contributed by atoms with van der Waals surface area (Å²) in [6, 6.07) is 2.25. The van der Waals surface area contributed by atoms with Crippen LogP contribution in [-0.2, 0) is 10.0 Å². The van der Waals surface area contributed by atoms with Crippen molar-refractivity contribution in [2.45, 2.75) is 49.1 Å². The second-order valence-corrected chi connectivity index (χ2v) is 6.85. The second kappa shape index (κ2) is 6.17. The molecule has 1 fully saturated rings. The fourth-order valence-electron chi connectivity index (χ4n) is 2.24. The molecule has 0 amide bonds. The van der Waals surface area contributed by atoms with Crippen LogP contribution in [0.3, 0.4) is 0 Å². The highest BCUT2D eigenvalue weighted by atomic mass is 35.5. The van der Waals surface area contributed by atoms with Crippen LogP contribution in [0.5, 0.6) is 0 Å². The highest BCUT2D eigenvalue weighted by molar-refractivity contribution is 7.89. The number of aromatic nitrogens is 1. The fourth-order valence-corrected chi connectivity index (χ4v) is 3.80. The van der Waals surface area contributed by atoms with E-state index in [1.807, 2.05) is 0 Å². The average molecular weight is 305 g/mol. The van der Waals surface area contributed by atoms with E-state index in [4.69, 9.17) is 11.6 Å². The molecule has 0 saturated heterocycles. The van der Waals surface area contributed by atoms with Gasteiger partial charge in [0.05, 0.1) is 11.0 Å². The van der Waals surface area contributed by atoms with Gasteiger partial charge in [-0.15, -0.1) is 0 Å². The Bertz CT molecular complexity index is 536. The summed E-state index contributed by atoms with van der Waals surface area (Å²) in [5.74, 6) is 0. The Kier molecular flexibility index (Phi) is 4.78. The Morgan fingerprint density at radius 1 is 1.32 bits per heavy atom. The van der Waals surface area contributed by atoms with Crippen LogP contribution in [0.15, 0.2) is 23.2 Å². The molecule has 19 heavy (non-hydrogen) atoms. The molecule has 106 valence electrons. The van der Waals surface area contributed by atoms with Gasteiger partial charge >= 0.3 is 0 Å². The van der Waals surface area contributed by atoms with Gasteiger partial charge in [-0.25, -0.2) is 18.1 Å². The Hall–Kier alpha value is -0.690. The fraction of sp³-hybridized carbons (Fsp3) is 0.583. The topological polar surface area (TPSA) is 79.3 Å². The number of rotatable bonds is 3. The first-order valence-electron chi connectivity index (χ1n) is 6.31. The Labute approximate surface area is 118 Å². The second-order valence-electron chi connectivity index (χ2n) is 4.75. The molecular formula is C12H17ClN2O3S. The van der Waals surface area contributed by atoms with E-state index in [0.29, 0.717) is 12.8 Å². The maximum atomic E-state index is 12.2. The van der Waals surface area contributed by atoms with Gasteiger partial charge in [-0.05, 0) is 25.0 Å². The van der Waals surface area contributed by atoms with Gasteiger partial charge < -0.3 is 5.11 Å². The third kappa shape index (κ3) is 3.89. The van der Waals surface area contributed by atoms with Crippen LogP contribution in [0, 0.1) is 0 Å². The molecule has 1 aromatic heterocycles. The number of sulfonamides is 1. The van der Waals surface area contributed by atoms with Crippen LogP contribution in [0.25, 0.3) is 0 Å². The predicted octanol–water partition coefficient (Wildman–Crippen LogP) is 1.71. The van der Waals surface area contributed by atoms with Crippen LogP contribution < -0.4 is 4.72 Å². The summed E-state index contributed by atoms with van der Waals surface area (Å²) in [5.41, 5.74) is 0. The van der Waals surface area contributed by atoms with E-state index in [1.165, 1.54) is 18.3 Å². The number of halogens is 1. The van der Waals surface area contributed by atoms with Gasteiger partial charge in [0.1, 0.15) is 5.15 Å². The van der Waals surface area contributed by atoms with Gasteiger partial charge in [0.25, 0.3) is 0 Å². The van der Waals surface area contributed by atoms with Crippen LogP contribution in [0.4, 0.5) is 0 Å². The highest BCUT2D eigenvalue weighted by Crippen LogP contribution is 2.20. The minimum Gasteiger partial charge on any atom is -0.391 e. The lowest BCUT2D eigenvalue weighted by Gasteiger charge is -2.21. The zero-order chi connectivity index (χ0) is 13.9. The van der Waals surface area contributed by atoms with Gasteiger partial charge in [0.2, 0.25) is 10.0 Å². The smallest absolute Gasteiger partial charge is 0.241 e. The van der Waals surface area contributed by atoms with Crippen molar-refractivity contribution in [3.05, 3.63) is 23.5 Å². The van der Waals surface area contributed by atoms with E-state index in [1.54, 1.807) is 0 Å². The van der Waals surface area contributed by atoms with Crippen LogP contribution in [-0.4, -0.2) is 30.7 Å². The monoisotopic (exact) mass is 304 g/mol. The molecule has 1 aliphatic carbocycles. The van der Waals surface area contributed by atoms with Crippen molar-refractivity contribution in [2.75, 3.05) is 0 Å². The maximum absolute atomic E-state index is 12.2. The van der Waals surface area contributed by atoms with Gasteiger partial charge in [-0.2, -0.15) is 0 Å². The highest BCUT2D eigenvalue weighted by Gasteiger charge is 2.27. The molecule has 0 aliphatic heterocycles. The lowest BCUT2D eigenvalue weighted by atomic mass is 10.1. The zero-order valence-electron chi connectivity index (χ0n) is 10.4. The van der Waals surface area contributed by atoms with Crippen molar-refractivity contribution >= 4 is 21.6 Å². The van der Waals surface area contributed by atoms with Gasteiger partial charge in [0, 0.05) is 12.2 Å². The number of pyridine rings is 1. The molecule has 1 saturated carbocycles. The molecule has 0 bridgehead atoms. The Morgan fingerprint density at radius 3 is 2.79 bits per heavy atom. The molecule has 2 atom stereocenters. The number of hydrogen-bond acceptors (Lipinski definition) is 4. The van der Waals surface area contributed by atoms with Crippen molar-refractivity contribution < 1.29 is 13.5 Å². The first kappa shape index (κ1) is 14.7. The molecular weight excluding hydrogens is 288 g/mol. The normalized spacial score (nSPS) is 24.9. The van der Waals surface area contributed by atoms with Crippen LogP contribution in [0.1, 0.15) is 32.1 Å². The molecule has 0 spiro atoms. The minimum atomic E-state index is -3.67. The van der Waals surface area contributed by atoms with Crippen molar-refractivity contribution in [3.63, 3.8) is 0 Å². The summed E-state index contributed by atoms with van der Waals surface area (Å²) in [6.45, 7) is 0. The summed E-state index contributed by atoms with van der Waals surface area (Å²) in [4.78, 5) is 3.83. The number of nitrogens with one attached hydrogen (secondary N) is 1. The number of aliphatic hydroxyl groups excluding tert-OH is 1. The van der Waals surface area contributed by atoms with E-state index in [9.17, 15) is 13.5 Å². The Morgan fingerprint density at radius 2 is 2.05 bits per heavy atom.